The van der Waals surface area contributed by atoms with Crippen molar-refractivity contribution in [2.24, 2.45) is 0 Å². The largest absolute Gasteiger partial charge is 0.336 e. The summed E-state index contributed by atoms with van der Waals surface area (Å²) in [5, 5.41) is 2.54. The van der Waals surface area contributed by atoms with Crippen LogP contribution in [-0.2, 0) is 0 Å². The highest BCUT2D eigenvalue weighted by atomic mass is 32.2. The van der Waals surface area contributed by atoms with Gasteiger partial charge in [0.1, 0.15) is 16.5 Å². The van der Waals surface area contributed by atoms with Gasteiger partial charge in [0.15, 0.2) is 0 Å². The molecule has 1 aromatic carbocycles. The molecule has 0 bridgehead atoms. The molecule has 0 aliphatic carbocycles. The Kier molecular flexibility index (Phi) is 4.55. The number of aromatic nitrogens is 1. The zero-order chi connectivity index (χ0) is 14.7. The molecule has 0 unspecified atom stereocenters. The van der Waals surface area contributed by atoms with Crippen molar-refractivity contribution < 1.29 is 9.18 Å². The van der Waals surface area contributed by atoms with Gasteiger partial charge in [0.25, 0.3) is 5.91 Å². The summed E-state index contributed by atoms with van der Waals surface area (Å²) in [6.07, 6.45) is 1.03. The Hall–Kier alpha value is -1.40. The van der Waals surface area contributed by atoms with E-state index in [2.05, 4.69) is 4.98 Å². The third-order valence-electron chi connectivity index (χ3n) is 3.32. The molecule has 6 heteroatoms. The first kappa shape index (κ1) is 14.5. The molecule has 0 atom stereocenters. The van der Waals surface area contributed by atoms with E-state index >= 15 is 0 Å². The standard InChI is InChI=1S/C15H15FN2OS2/c16-12-4-2-11(3-5-12)14-17-13(10-21-14)15(19)18-6-1-8-20-9-7-18/h2-5,10H,1,6-9H2. The van der Waals surface area contributed by atoms with Gasteiger partial charge in [-0.25, -0.2) is 9.37 Å². The van der Waals surface area contributed by atoms with Gasteiger partial charge in [-0.15, -0.1) is 11.3 Å². The van der Waals surface area contributed by atoms with Crippen LogP contribution in [0.1, 0.15) is 16.9 Å². The molecular formula is C15H15FN2OS2. The zero-order valence-corrected chi connectivity index (χ0v) is 13.1. The van der Waals surface area contributed by atoms with E-state index in [4.69, 9.17) is 0 Å². The highest BCUT2D eigenvalue weighted by Crippen LogP contribution is 2.25. The minimum atomic E-state index is -0.270. The van der Waals surface area contributed by atoms with E-state index in [1.54, 1.807) is 17.5 Å². The van der Waals surface area contributed by atoms with E-state index in [0.29, 0.717) is 5.69 Å². The molecule has 3 nitrogen and oxygen atoms in total. The number of thiazole rings is 1. The first-order chi connectivity index (χ1) is 10.2. The quantitative estimate of drug-likeness (QED) is 0.848. The minimum absolute atomic E-state index is 0.00196. The lowest BCUT2D eigenvalue weighted by Gasteiger charge is -2.18. The van der Waals surface area contributed by atoms with Crippen molar-refractivity contribution in [2.45, 2.75) is 6.42 Å². The molecule has 1 aliphatic rings. The van der Waals surface area contributed by atoms with E-state index in [1.165, 1.54) is 23.5 Å². The van der Waals surface area contributed by atoms with Gasteiger partial charge < -0.3 is 4.90 Å². The van der Waals surface area contributed by atoms with Crippen LogP contribution in [0.3, 0.4) is 0 Å². The maximum absolute atomic E-state index is 12.9. The molecule has 0 saturated carbocycles. The lowest BCUT2D eigenvalue weighted by molar-refractivity contribution is 0.0763. The minimum Gasteiger partial charge on any atom is -0.336 e. The van der Waals surface area contributed by atoms with Gasteiger partial charge >= 0.3 is 0 Å². The molecular weight excluding hydrogens is 307 g/mol. The molecule has 2 aromatic rings. The van der Waals surface area contributed by atoms with Crippen molar-refractivity contribution in [3.8, 4) is 10.6 Å². The van der Waals surface area contributed by atoms with Gasteiger partial charge in [-0.1, -0.05) is 0 Å². The Bertz CT molecular complexity index is 619. The highest BCUT2D eigenvalue weighted by Gasteiger charge is 2.20. The number of hydrogen-bond donors (Lipinski definition) is 0. The Morgan fingerprint density at radius 1 is 1.19 bits per heavy atom. The molecule has 0 N–H and O–H groups in total. The van der Waals surface area contributed by atoms with Crippen LogP contribution >= 0.6 is 23.1 Å². The predicted octanol–water partition coefficient (Wildman–Crippen LogP) is 3.53. The molecule has 110 valence electrons. The van der Waals surface area contributed by atoms with Crippen molar-refractivity contribution in [1.29, 1.82) is 0 Å². The van der Waals surface area contributed by atoms with Crippen LogP contribution < -0.4 is 0 Å². The van der Waals surface area contributed by atoms with Gasteiger partial charge in [0.05, 0.1) is 0 Å². The molecule has 0 spiro atoms. The average molecular weight is 322 g/mol. The van der Waals surface area contributed by atoms with Crippen LogP contribution in [0.2, 0.25) is 0 Å². The fourth-order valence-electron chi connectivity index (χ4n) is 2.21. The Morgan fingerprint density at radius 3 is 2.81 bits per heavy atom. The van der Waals surface area contributed by atoms with Crippen molar-refractivity contribution >= 4 is 29.0 Å². The second kappa shape index (κ2) is 6.58. The third kappa shape index (κ3) is 3.44. The summed E-state index contributed by atoms with van der Waals surface area (Å²) in [6.45, 7) is 1.59. The number of carbonyl (C=O) groups is 1. The van der Waals surface area contributed by atoms with Crippen LogP contribution in [0, 0.1) is 5.82 Å². The van der Waals surface area contributed by atoms with E-state index < -0.39 is 0 Å². The molecule has 1 aromatic heterocycles. The molecule has 1 amide bonds. The summed E-state index contributed by atoms with van der Waals surface area (Å²) in [7, 11) is 0. The summed E-state index contributed by atoms with van der Waals surface area (Å²) in [4.78, 5) is 18.7. The van der Waals surface area contributed by atoms with Crippen LogP contribution in [0.4, 0.5) is 4.39 Å². The second-order valence-electron chi connectivity index (χ2n) is 4.80. The first-order valence-electron chi connectivity index (χ1n) is 6.82. The smallest absolute Gasteiger partial charge is 0.273 e. The van der Waals surface area contributed by atoms with Gasteiger partial charge in [-0.05, 0) is 36.4 Å². The van der Waals surface area contributed by atoms with E-state index in [1.807, 2.05) is 16.7 Å². The van der Waals surface area contributed by atoms with Gasteiger partial charge in [-0.2, -0.15) is 11.8 Å². The fraction of sp³-hybridized carbons (Fsp3) is 0.333. The summed E-state index contributed by atoms with van der Waals surface area (Å²) in [5.74, 6) is 1.83. The predicted molar refractivity (Wildman–Crippen MR) is 85.4 cm³/mol. The number of thioether (sulfide) groups is 1. The number of hydrogen-bond acceptors (Lipinski definition) is 4. The monoisotopic (exact) mass is 322 g/mol. The van der Waals surface area contributed by atoms with Gasteiger partial charge in [0, 0.05) is 29.8 Å². The Morgan fingerprint density at radius 2 is 2.00 bits per heavy atom. The molecule has 1 fully saturated rings. The number of halogens is 1. The van der Waals surface area contributed by atoms with Crippen LogP contribution in [0.25, 0.3) is 10.6 Å². The molecule has 3 rings (SSSR count). The highest BCUT2D eigenvalue weighted by molar-refractivity contribution is 7.99. The van der Waals surface area contributed by atoms with Gasteiger partial charge in [-0.3, -0.25) is 4.79 Å². The van der Waals surface area contributed by atoms with E-state index in [9.17, 15) is 9.18 Å². The maximum Gasteiger partial charge on any atom is 0.273 e. The summed E-state index contributed by atoms with van der Waals surface area (Å²) < 4.78 is 12.9. The summed E-state index contributed by atoms with van der Waals surface area (Å²) in [6, 6.07) is 6.19. The number of carbonyl (C=O) groups excluding carboxylic acids is 1. The van der Waals surface area contributed by atoms with Crippen LogP contribution in [0.5, 0.6) is 0 Å². The van der Waals surface area contributed by atoms with Gasteiger partial charge in [0.2, 0.25) is 0 Å². The third-order valence-corrected chi connectivity index (χ3v) is 5.26. The molecule has 0 radical (unpaired) electrons. The molecule has 21 heavy (non-hydrogen) atoms. The zero-order valence-electron chi connectivity index (χ0n) is 11.4. The van der Waals surface area contributed by atoms with Crippen LogP contribution in [-0.4, -0.2) is 40.4 Å². The van der Waals surface area contributed by atoms with Crippen molar-refractivity contribution in [2.75, 3.05) is 24.6 Å². The Balaban J connectivity index is 1.77. The number of rotatable bonds is 2. The molecule has 2 heterocycles. The number of amides is 1. The summed E-state index contributed by atoms with van der Waals surface area (Å²) >= 11 is 3.31. The lowest BCUT2D eigenvalue weighted by atomic mass is 10.2. The topological polar surface area (TPSA) is 33.2 Å². The number of nitrogens with zero attached hydrogens (tertiary/aromatic N) is 2. The second-order valence-corrected chi connectivity index (χ2v) is 6.89. The first-order valence-corrected chi connectivity index (χ1v) is 8.86. The van der Waals surface area contributed by atoms with Crippen molar-refractivity contribution in [3.63, 3.8) is 0 Å². The summed E-state index contributed by atoms with van der Waals surface area (Å²) in [5.41, 5.74) is 1.33. The molecule has 1 saturated heterocycles. The van der Waals surface area contributed by atoms with E-state index in [0.717, 1.165) is 41.6 Å². The fourth-order valence-corrected chi connectivity index (χ4v) is 3.90. The normalized spacial score (nSPS) is 15.8. The maximum atomic E-state index is 12.9. The SMILES string of the molecule is O=C(c1csc(-c2ccc(F)cc2)n1)N1CCCSCC1. The molecule has 1 aliphatic heterocycles. The van der Waals surface area contributed by atoms with Crippen molar-refractivity contribution in [3.05, 3.63) is 41.2 Å². The van der Waals surface area contributed by atoms with E-state index in [-0.39, 0.29) is 11.7 Å². The number of benzene rings is 1. The Labute approximate surface area is 131 Å². The van der Waals surface area contributed by atoms with Crippen LogP contribution in [0.15, 0.2) is 29.6 Å². The lowest BCUT2D eigenvalue weighted by Crippen LogP contribution is -2.33. The average Bonchev–Trinajstić information content (AvgIpc) is 2.83. The van der Waals surface area contributed by atoms with Crippen molar-refractivity contribution in [1.82, 2.24) is 9.88 Å².